The second-order valence-corrected chi connectivity index (χ2v) is 4.65. The standard InChI is InChI=1S/C14H13N3O5/c1-3-10-16-12(22-17-10)7(2)20-13(18)8-5-4-6-9-11(8)21-14(19)15-9/h4-7H,3H2,1-2H3,(H,15,19). The van der Waals surface area contributed by atoms with Gasteiger partial charge in [-0.15, -0.1) is 0 Å². The SMILES string of the molecule is CCc1noc(C(C)OC(=O)c2cccc3[nH]c(=O)oc23)n1. The van der Waals surface area contributed by atoms with Gasteiger partial charge in [-0.3, -0.25) is 4.98 Å². The molecule has 0 aliphatic carbocycles. The minimum atomic E-state index is -0.707. The lowest BCUT2D eigenvalue weighted by molar-refractivity contribution is 0.0266. The Kier molecular flexibility index (Phi) is 3.50. The highest BCUT2D eigenvalue weighted by atomic mass is 16.6. The van der Waals surface area contributed by atoms with Crippen LogP contribution in [0.15, 0.2) is 31.9 Å². The van der Waals surface area contributed by atoms with Gasteiger partial charge >= 0.3 is 11.7 Å². The molecule has 0 saturated carbocycles. The Hall–Kier alpha value is -2.90. The number of carbonyl (C=O) groups is 1. The molecule has 0 radical (unpaired) electrons. The van der Waals surface area contributed by atoms with Crippen LogP contribution in [0.1, 0.15) is 42.0 Å². The molecule has 0 spiro atoms. The Bertz CT molecular complexity index is 876. The maximum Gasteiger partial charge on any atom is 0.417 e. The fraction of sp³-hybridized carbons (Fsp3) is 0.286. The van der Waals surface area contributed by atoms with Gasteiger partial charge in [-0.05, 0) is 19.1 Å². The van der Waals surface area contributed by atoms with Gasteiger partial charge in [-0.1, -0.05) is 18.1 Å². The number of hydrogen-bond donors (Lipinski definition) is 1. The van der Waals surface area contributed by atoms with Gasteiger partial charge in [0.2, 0.25) is 0 Å². The van der Waals surface area contributed by atoms with Gasteiger partial charge < -0.3 is 13.7 Å². The normalized spacial score (nSPS) is 12.5. The van der Waals surface area contributed by atoms with Crippen LogP contribution < -0.4 is 5.76 Å². The van der Waals surface area contributed by atoms with E-state index in [1.807, 2.05) is 6.92 Å². The average molecular weight is 303 g/mol. The highest BCUT2D eigenvalue weighted by Crippen LogP contribution is 2.21. The lowest BCUT2D eigenvalue weighted by Gasteiger charge is -2.09. The minimum absolute atomic E-state index is 0.151. The molecule has 1 atom stereocenters. The lowest BCUT2D eigenvalue weighted by atomic mass is 10.2. The number of oxazole rings is 1. The van der Waals surface area contributed by atoms with Gasteiger partial charge in [0.05, 0.1) is 5.52 Å². The molecule has 8 heteroatoms. The molecule has 0 fully saturated rings. The van der Waals surface area contributed by atoms with Crippen LogP contribution in [0, 0.1) is 0 Å². The second kappa shape index (κ2) is 5.47. The number of carbonyl (C=O) groups excluding carboxylic acids is 1. The van der Waals surface area contributed by atoms with Gasteiger partial charge in [0.1, 0.15) is 5.56 Å². The number of para-hydroxylation sites is 1. The van der Waals surface area contributed by atoms with E-state index < -0.39 is 17.8 Å². The summed E-state index contributed by atoms with van der Waals surface area (Å²) in [6.45, 7) is 3.51. The first-order valence-electron chi connectivity index (χ1n) is 6.73. The summed E-state index contributed by atoms with van der Waals surface area (Å²) in [6, 6.07) is 4.77. The topological polar surface area (TPSA) is 111 Å². The molecule has 3 aromatic rings. The molecule has 2 heterocycles. The summed E-state index contributed by atoms with van der Waals surface area (Å²) in [7, 11) is 0. The third-order valence-corrected chi connectivity index (χ3v) is 3.10. The van der Waals surface area contributed by atoms with E-state index >= 15 is 0 Å². The van der Waals surface area contributed by atoms with Crippen LogP contribution in [0.25, 0.3) is 11.1 Å². The monoisotopic (exact) mass is 303 g/mol. The predicted octanol–water partition coefficient (Wildman–Crippen LogP) is 1.98. The van der Waals surface area contributed by atoms with E-state index in [1.54, 1.807) is 19.1 Å². The third-order valence-electron chi connectivity index (χ3n) is 3.10. The number of nitrogens with zero attached hydrogens (tertiary/aromatic N) is 2. The summed E-state index contributed by atoms with van der Waals surface area (Å²) < 4.78 is 15.3. The smallest absolute Gasteiger partial charge is 0.417 e. The van der Waals surface area contributed by atoms with Crippen molar-refractivity contribution >= 4 is 17.1 Å². The third kappa shape index (κ3) is 2.50. The Morgan fingerprint density at radius 1 is 1.45 bits per heavy atom. The van der Waals surface area contributed by atoms with Crippen molar-refractivity contribution in [1.82, 2.24) is 15.1 Å². The summed E-state index contributed by atoms with van der Waals surface area (Å²) >= 11 is 0. The molecular formula is C14H13N3O5. The average Bonchev–Trinajstić information content (AvgIpc) is 3.11. The molecule has 0 saturated heterocycles. The number of esters is 1. The van der Waals surface area contributed by atoms with E-state index in [0.29, 0.717) is 17.8 Å². The van der Waals surface area contributed by atoms with Gasteiger partial charge in [0, 0.05) is 6.42 Å². The van der Waals surface area contributed by atoms with Crippen LogP contribution in [0.4, 0.5) is 0 Å². The molecule has 3 rings (SSSR count). The summed E-state index contributed by atoms with van der Waals surface area (Å²) in [5, 5.41) is 3.75. The highest BCUT2D eigenvalue weighted by molar-refractivity contribution is 6.00. The number of rotatable bonds is 4. The van der Waals surface area contributed by atoms with Crippen LogP contribution >= 0.6 is 0 Å². The van der Waals surface area contributed by atoms with E-state index in [-0.39, 0.29) is 17.0 Å². The Morgan fingerprint density at radius 3 is 3.00 bits per heavy atom. The Balaban J connectivity index is 1.85. The van der Waals surface area contributed by atoms with E-state index in [2.05, 4.69) is 15.1 Å². The number of aryl methyl sites for hydroxylation is 1. The number of benzene rings is 1. The number of aromatic nitrogens is 3. The summed E-state index contributed by atoms with van der Waals surface area (Å²) in [5.74, 6) is -0.519. The summed E-state index contributed by atoms with van der Waals surface area (Å²) in [4.78, 5) is 30.1. The first kappa shape index (κ1) is 14.1. The molecule has 0 amide bonds. The van der Waals surface area contributed by atoms with Crippen molar-refractivity contribution in [3.05, 3.63) is 46.0 Å². The molecule has 1 unspecified atom stereocenters. The molecule has 1 N–H and O–H groups in total. The zero-order valence-corrected chi connectivity index (χ0v) is 12.0. The van der Waals surface area contributed by atoms with E-state index in [0.717, 1.165) is 0 Å². The summed E-state index contributed by atoms with van der Waals surface area (Å²) in [5.41, 5.74) is 0.737. The Labute approximate surface area is 124 Å². The van der Waals surface area contributed by atoms with Crippen molar-refractivity contribution in [1.29, 1.82) is 0 Å². The minimum Gasteiger partial charge on any atom is -0.449 e. The molecule has 2 aromatic heterocycles. The van der Waals surface area contributed by atoms with Crippen molar-refractivity contribution < 1.29 is 18.5 Å². The molecule has 0 bridgehead atoms. The van der Waals surface area contributed by atoms with Gasteiger partial charge in [0.25, 0.3) is 5.89 Å². The fourth-order valence-electron chi connectivity index (χ4n) is 1.98. The molecule has 114 valence electrons. The van der Waals surface area contributed by atoms with Gasteiger partial charge in [-0.2, -0.15) is 4.98 Å². The zero-order valence-electron chi connectivity index (χ0n) is 12.0. The zero-order chi connectivity index (χ0) is 15.7. The maximum absolute atomic E-state index is 12.2. The largest absolute Gasteiger partial charge is 0.449 e. The molecule has 8 nitrogen and oxygen atoms in total. The number of H-pyrrole nitrogens is 1. The van der Waals surface area contributed by atoms with Gasteiger partial charge in [0.15, 0.2) is 17.5 Å². The van der Waals surface area contributed by atoms with Crippen LogP contribution in [0.2, 0.25) is 0 Å². The highest BCUT2D eigenvalue weighted by Gasteiger charge is 2.22. The molecular weight excluding hydrogens is 290 g/mol. The van der Waals surface area contributed by atoms with Crippen LogP contribution in [-0.2, 0) is 11.2 Å². The first-order chi connectivity index (χ1) is 10.6. The molecule has 0 aliphatic heterocycles. The molecule has 22 heavy (non-hydrogen) atoms. The van der Waals surface area contributed by atoms with E-state index in [9.17, 15) is 9.59 Å². The Morgan fingerprint density at radius 2 is 2.27 bits per heavy atom. The fourth-order valence-corrected chi connectivity index (χ4v) is 1.98. The van der Waals surface area contributed by atoms with Crippen LogP contribution in [0.5, 0.6) is 0 Å². The van der Waals surface area contributed by atoms with Crippen molar-refractivity contribution in [3.8, 4) is 0 Å². The van der Waals surface area contributed by atoms with Crippen molar-refractivity contribution in [3.63, 3.8) is 0 Å². The second-order valence-electron chi connectivity index (χ2n) is 4.65. The van der Waals surface area contributed by atoms with Crippen LogP contribution in [0.3, 0.4) is 0 Å². The molecule has 1 aromatic carbocycles. The number of nitrogens with one attached hydrogen (secondary N) is 1. The van der Waals surface area contributed by atoms with Crippen molar-refractivity contribution in [2.75, 3.05) is 0 Å². The first-order valence-corrected chi connectivity index (χ1v) is 6.73. The maximum atomic E-state index is 12.2. The van der Waals surface area contributed by atoms with E-state index in [1.165, 1.54) is 6.07 Å². The molecule has 0 aliphatic rings. The predicted molar refractivity (Wildman–Crippen MR) is 74.3 cm³/mol. The summed E-state index contributed by atoms with van der Waals surface area (Å²) in [6.07, 6.45) is -0.0842. The number of fused-ring (bicyclic) bond motifs is 1. The van der Waals surface area contributed by atoms with Crippen LogP contribution in [-0.4, -0.2) is 21.1 Å². The number of ether oxygens (including phenoxy) is 1. The van der Waals surface area contributed by atoms with Crippen molar-refractivity contribution in [2.45, 2.75) is 26.4 Å². The number of aromatic amines is 1. The quantitative estimate of drug-likeness (QED) is 0.733. The lowest BCUT2D eigenvalue weighted by Crippen LogP contribution is -2.10. The number of hydrogen-bond acceptors (Lipinski definition) is 7. The van der Waals surface area contributed by atoms with Gasteiger partial charge in [-0.25, -0.2) is 9.59 Å². The van der Waals surface area contributed by atoms with Crippen molar-refractivity contribution in [2.24, 2.45) is 0 Å². The van der Waals surface area contributed by atoms with E-state index in [4.69, 9.17) is 13.7 Å².